The molecule has 2 aliphatic carbocycles. The highest BCUT2D eigenvalue weighted by Gasteiger charge is 2.34. The molecule has 2 aliphatic rings. The number of carbonyl (C=O) groups is 6. The Balaban J connectivity index is 0.000000182. The van der Waals surface area contributed by atoms with E-state index in [1.165, 1.54) is 80.8 Å². The maximum Gasteiger partial charge on any atom is 0.261 e. The molecule has 0 aliphatic heterocycles. The summed E-state index contributed by atoms with van der Waals surface area (Å²) in [5.41, 5.74) is 8.11. The van der Waals surface area contributed by atoms with Crippen LogP contribution in [0.2, 0.25) is 0 Å². The number of azo groups is 4. The normalized spacial score (nSPS) is 12.2. The minimum atomic E-state index is -0.564. The Labute approximate surface area is 743 Å². The van der Waals surface area contributed by atoms with Gasteiger partial charge >= 0.3 is 0 Å². The Kier molecular flexibility index (Phi) is 24.4. The summed E-state index contributed by atoms with van der Waals surface area (Å²) in [5, 5.41) is 45.6. The van der Waals surface area contributed by atoms with Crippen molar-refractivity contribution in [2.24, 2.45) is 40.9 Å². The van der Waals surface area contributed by atoms with E-state index in [0.29, 0.717) is 78.6 Å². The van der Waals surface area contributed by atoms with Gasteiger partial charge in [-0.1, -0.05) is 158 Å². The van der Waals surface area contributed by atoms with E-state index in [1.807, 2.05) is 177 Å². The van der Waals surface area contributed by atoms with Crippen LogP contribution in [0.25, 0.3) is 43.1 Å². The number of hydrogen-bond donors (Lipinski definition) is 0. The molecule has 0 bridgehead atoms. The smallest absolute Gasteiger partial charge is 0.261 e. The molecule has 24 nitrogen and oxygen atoms in total. The van der Waals surface area contributed by atoms with Gasteiger partial charge in [0.15, 0.2) is 46.1 Å². The second-order valence-electron chi connectivity index (χ2n) is 30.2. The fourth-order valence-electron chi connectivity index (χ4n) is 15.9. The van der Waals surface area contributed by atoms with Crippen molar-refractivity contribution in [1.29, 1.82) is 0 Å². The molecule has 2 amide bonds. The SMILES string of the molecule is COc1c(CON(C)c2ccccc2)cc2ccccc2c1N=Nc1ccc2c(c1)C(=O)c1ccc(N=Nc3c(OC)c(C(=O)N(C)c4ccccc4)cc4ccccc34)cc1C2=O.COc1c(CON(C)c2ccccc2F)cc2ccccc2c1N=Nc1ccc2c(c1)C(=O)c1ccc(N=Nc3c(OC)c(C(=O)N(C)c4ccccc4F)cc4ccccc34)cc1C2=O. The van der Waals surface area contributed by atoms with Crippen LogP contribution in [0.5, 0.6) is 23.0 Å². The first-order valence-corrected chi connectivity index (χ1v) is 41.0. The van der Waals surface area contributed by atoms with Crippen molar-refractivity contribution in [2.45, 2.75) is 13.2 Å². The molecular weight excluding hydrogens is 1650 g/mol. The van der Waals surface area contributed by atoms with Crippen molar-refractivity contribution in [3.63, 3.8) is 0 Å². The standard InChI is InChI=1S/C52H38F2N6O6.C52H40N6O6/c1-59(44-19-11-9-17-42(44)53)52(63)41-26-31-14-6-8-16-36(31)47(51(41)65-4)58-56-34-22-24-38-40(28-34)49(62)37-23-21-33(27-39(37)48(38)61)55-57-46-35-15-7-5-13-30(35)25-32(50(46)64-3)29-66-60(2)45-20-12-10-18-43(45)54;1-57(37-17-7-5-8-18-37)52(61)45-28-33-16-12-14-22-40(33)47(51(45)63-4)56-54-36-24-26-42-44(30-36)49(60)41-25-23-35(29-43(41)48(42)59)53-55-46-39-21-13-11-15-32(39)27-34(50(46)62-3)31-64-58(2)38-19-9-6-10-20-38/h5-28H,29H2,1-4H3;5-30H,31H2,1-4H3. The van der Waals surface area contributed by atoms with E-state index in [1.54, 1.807) is 122 Å². The molecule has 0 saturated carbocycles. The number of ketones is 4. The van der Waals surface area contributed by atoms with Gasteiger partial charge in [-0.15, -0.1) is 20.5 Å². The lowest BCUT2D eigenvalue weighted by atomic mass is 9.83. The number of benzene rings is 16. The maximum atomic E-state index is 14.7. The first-order valence-electron chi connectivity index (χ1n) is 41.0. The van der Waals surface area contributed by atoms with E-state index in [4.69, 9.17) is 28.6 Å². The fraction of sp³-hybridized carbons (Fsp3) is 0.0962. The Bertz CT molecular complexity index is 7400. The summed E-state index contributed by atoms with van der Waals surface area (Å²) in [5.74, 6) is -2.02. The third kappa shape index (κ3) is 16.8. The van der Waals surface area contributed by atoms with Gasteiger partial charge in [0.2, 0.25) is 0 Å². The molecule has 0 unspecified atom stereocenters. The van der Waals surface area contributed by atoms with Crippen LogP contribution in [-0.2, 0) is 22.9 Å². The highest BCUT2D eigenvalue weighted by molar-refractivity contribution is 6.30. The van der Waals surface area contributed by atoms with Crippen LogP contribution in [0, 0.1) is 11.6 Å². The number of halogens is 2. The molecule has 18 rings (SSSR count). The van der Waals surface area contributed by atoms with Gasteiger partial charge in [0.1, 0.15) is 47.6 Å². The van der Waals surface area contributed by atoms with Gasteiger partial charge in [-0.2, -0.15) is 20.5 Å². The molecule has 640 valence electrons. The number of fused-ring (bicyclic) bond motifs is 8. The summed E-state index contributed by atoms with van der Waals surface area (Å²) in [6, 6.07) is 87.5. The number of para-hydroxylation sites is 4. The molecular formula is C104H78F2N12O12. The Morgan fingerprint density at radius 1 is 0.285 bits per heavy atom. The number of rotatable bonds is 24. The van der Waals surface area contributed by atoms with Crippen molar-refractivity contribution in [2.75, 3.05) is 76.6 Å². The number of hydroxylamine groups is 2. The first kappa shape index (κ1) is 85.3. The maximum absolute atomic E-state index is 14.7. The summed E-state index contributed by atoms with van der Waals surface area (Å²) in [6.07, 6.45) is 0. The third-order valence-corrected chi connectivity index (χ3v) is 22.5. The minimum Gasteiger partial charge on any atom is -0.494 e. The third-order valence-electron chi connectivity index (χ3n) is 22.5. The summed E-state index contributed by atoms with van der Waals surface area (Å²) in [7, 11) is 12.6. The van der Waals surface area contributed by atoms with Crippen LogP contribution in [0.3, 0.4) is 0 Å². The zero-order chi connectivity index (χ0) is 90.4. The molecule has 0 aromatic heterocycles. The van der Waals surface area contributed by atoms with Crippen LogP contribution in [-0.4, -0.2) is 91.6 Å². The molecule has 0 atom stereocenters. The highest BCUT2D eigenvalue weighted by atomic mass is 19.1. The summed E-state index contributed by atoms with van der Waals surface area (Å²) in [4.78, 5) is 98.7. The van der Waals surface area contributed by atoms with Gasteiger partial charge in [-0.3, -0.25) is 48.6 Å². The number of hydrogen-bond acceptors (Lipinski definition) is 22. The predicted octanol–water partition coefficient (Wildman–Crippen LogP) is 25.2. The second kappa shape index (κ2) is 37.1. The average molecular weight is 1730 g/mol. The van der Waals surface area contributed by atoms with Crippen molar-refractivity contribution in [1.82, 2.24) is 0 Å². The quantitative estimate of drug-likeness (QED) is 0.0402. The molecule has 16 aromatic rings. The van der Waals surface area contributed by atoms with Crippen LogP contribution >= 0.6 is 0 Å². The fourth-order valence-corrected chi connectivity index (χ4v) is 15.9. The molecule has 0 spiro atoms. The molecule has 0 saturated heterocycles. The lowest BCUT2D eigenvalue weighted by Crippen LogP contribution is -2.27. The zero-order valence-corrected chi connectivity index (χ0v) is 71.3. The summed E-state index contributed by atoms with van der Waals surface area (Å²) in [6.45, 7) is 0.223. The van der Waals surface area contributed by atoms with Gasteiger partial charge in [-0.05, 0) is 167 Å². The monoisotopic (exact) mass is 1720 g/mol. The zero-order valence-electron chi connectivity index (χ0n) is 71.3. The lowest BCUT2D eigenvalue weighted by molar-refractivity contribution is 0.0979. The van der Waals surface area contributed by atoms with Crippen LogP contribution in [0.4, 0.5) is 77.0 Å². The molecule has 130 heavy (non-hydrogen) atoms. The number of ether oxygens (including phenoxy) is 4. The predicted molar refractivity (Wildman–Crippen MR) is 496 cm³/mol. The molecule has 0 heterocycles. The average Bonchev–Trinajstić information content (AvgIpc) is 0.759. The van der Waals surface area contributed by atoms with E-state index in [9.17, 15) is 37.5 Å². The van der Waals surface area contributed by atoms with Crippen LogP contribution in [0.1, 0.15) is 95.5 Å². The van der Waals surface area contributed by atoms with E-state index >= 15 is 0 Å². The van der Waals surface area contributed by atoms with Gasteiger partial charge in [0.05, 0.1) is 79.4 Å². The number of anilines is 4. The Morgan fingerprint density at radius 2 is 0.577 bits per heavy atom. The van der Waals surface area contributed by atoms with Crippen molar-refractivity contribution >= 4 is 146 Å². The van der Waals surface area contributed by atoms with Crippen molar-refractivity contribution in [3.8, 4) is 23.0 Å². The minimum absolute atomic E-state index is 0.0227. The van der Waals surface area contributed by atoms with E-state index in [-0.39, 0.29) is 121 Å². The van der Waals surface area contributed by atoms with Crippen molar-refractivity contribution in [3.05, 3.63) is 382 Å². The van der Waals surface area contributed by atoms with E-state index in [2.05, 4.69) is 40.9 Å². The Hall–Kier alpha value is -16.8. The molecule has 0 N–H and O–H groups in total. The van der Waals surface area contributed by atoms with Gasteiger partial charge < -0.3 is 28.7 Å². The lowest BCUT2D eigenvalue weighted by Gasteiger charge is -2.21. The van der Waals surface area contributed by atoms with Crippen LogP contribution in [0.15, 0.2) is 344 Å². The number of amides is 2. The highest BCUT2D eigenvalue weighted by Crippen LogP contribution is 2.48. The Morgan fingerprint density at radius 3 is 0.931 bits per heavy atom. The summed E-state index contributed by atoms with van der Waals surface area (Å²) >= 11 is 0. The molecule has 16 aromatic carbocycles. The molecule has 0 radical (unpaired) electrons. The first-order chi connectivity index (χ1) is 63.3. The van der Waals surface area contributed by atoms with E-state index < -0.39 is 23.3 Å². The number of carbonyl (C=O) groups excluding carboxylic acids is 6. The molecule has 0 fully saturated rings. The van der Waals surface area contributed by atoms with Crippen molar-refractivity contribution < 1.29 is 66.2 Å². The molecule has 26 heteroatoms. The number of nitrogens with zero attached hydrogens (tertiary/aromatic N) is 12. The topological polar surface area (TPSA) is 270 Å². The summed E-state index contributed by atoms with van der Waals surface area (Å²) < 4.78 is 52.6. The second-order valence-corrected chi connectivity index (χ2v) is 30.2. The van der Waals surface area contributed by atoms with Crippen LogP contribution < -0.4 is 38.9 Å². The largest absolute Gasteiger partial charge is 0.494 e. The van der Waals surface area contributed by atoms with Gasteiger partial charge in [0, 0.05) is 111 Å². The number of methoxy groups -OCH3 is 4. The van der Waals surface area contributed by atoms with Gasteiger partial charge in [0.25, 0.3) is 11.8 Å². The van der Waals surface area contributed by atoms with Gasteiger partial charge in [-0.25, -0.2) is 8.78 Å². The van der Waals surface area contributed by atoms with E-state index in [0.717, 1.165) is 38.2 Å².